The van der Waals surface area contributed by atoms with Crippen molar-refractivity contribution in [2.45, 2.75) is 82.5 Å². The van der Waals surface area contributed by atoms with E-state index in [9.17, 15) is 38.4 Å². The van der Waals surface area contributed by atoms with Crippen LogP contribution < -0.4 is 57.9 Å². The summed E-state index contributed by atoms with van der Waals surface area (Å²) in [6.45, 7) is 22.0. The van der Waals surface area contributed by atoms with E-state index in [0.717, 1.165) is 80.4 Å². The van der Waals surface area contributed by atoms with E-state index in [0.29, 0.717) is 177 Å². The molecule has 14 aromatic rings. The summed E-state index contributed by atoms with van der Waals surface area (Å²) >= 11 is 0. The summed E-state index contributed by atoms with van der Waals surface area (Å²) in [7, 11) is 1.61. The molecule has 0 radical (unpaired) electrons. The Bertz CT molecular complexity index is 6750. The topological polar surface area (TPSA) is 393 Å². The molecular formula is C96H96N20O12. The first-order chi connectivity index (χ1) is 62.3. The number of likely N-dealkylation sites (tertiary alicyclic amines) is 4. The summed E-state index contributed by atoms with van der Waals surface area (Å²) in [6, 6.07) is 48.1. The minimum atomic E-state index is -0.203. The van der Waals surface area contributed by atoms with Crippen LogP contribution in [-0.4, -0.2) is 193 Å². The molecule has 4 atom stereocenters. The number of nitrogens with zero attached hydrogens (tertiary/aromatic N) is 14. The van der Waals surface area contributed by atoms with Crippen LogP contribution in [0.15, 0.2) is 259 Å². The van der Waals surface area contributed by atoms with Gasteiger partial charge in [0.2, 0.25) is 34.5 Å². The molecule has 4 amide bonds. The second-order valence-corrected chi connectivity index (χ2v) is 31.2. The van der Waals surface area contributed by atoms with Crippen molar-refractivity contribution < 1.29 is 38.1 Å². The van der Waals surface area contributed by atoms with Gasteiger partial charge in [0.05, 0.1) is 45.4 Å². The maximum absolute atomic E-state index is 13.6. The minimum Gasteiger partial charge on any atom is -0.491 e. The first-order valence-corrected chi connectivity index (χ1v) is 42.2. The average molecular weight is 1720 g/mol. The number of carbonyl (C=O) groups excluding carboxylic acids is 4. The lowest BCUT2D eigenvalue weighted by atomic mass is 10.0. The largest absolute Gasteiger partial charge is 0.491 e. The highest BCUT2D eigenvalue weighted by Gasteiger charge is 2.31. The molecule has 0 aliphatic carbocycles. The number of piperidine rings is 4. The van der Waals surface area contributed by atoms with E-state index >= 15 is 0 Å². The number of pyridine rings is 3. The van der Waals surface area contributed by atoms with Gasteiger partial charge in [0.15, 0.2) is 0 Å². The molecular weight excluding hydrogens is 1630 g/mol. The van der Waals surface area contributed by atoms with E-state index in [1.54, 1.807) is 73.9 Å². The van der Waals surface area contributed by atoms with Crippen molar-refractivity contribution in [2.75, 3.05) is 94.4 Å². The third kappa shape index (κ3) is 20.3. The van der Waals surface area contributed by atoms with E-state index in [4.69, 9.17) is 24.7 Å². The number of aryl methyl sites for hydroxylation is 1. The summed E-state index contributed by atoms with van der Waals surface area (Å²) in [6.07, 6.45) is 19.5. The zero-order valence-corrected chi connectivity index (χ0v) is 70.8. The van der Waals surface area contributed by atoms with Crippen LogP contribution in [-0.2, 0) is 23.9 Å². The third-order valence-corrected chi connectivity index (χ3v) is 22.6. The fourth-order valence-electron chi connectivity index (χ4n) is 16.2. The Balaban J connectivity index is 0.000000132. The van der Waals surface area contributed by atoms with Crippen LogP contribution in [0.25, 0.3) is 82.8 Å². The molecule has 18 rings (SSSR count). The van der Waals surface area contributed by atoms with Gasteiger partial charge in [-0.15, -0.1) is 0 Å². The number of aromatic amines is 2. The fourth-order valence-corrected chi connectivity index (χ4v) is 16.2. The molecule has 32 heteroatoms. The summed E-state index contributed by atoms with van der Waals surface area (Å²) in [5, 5.41) is 12.5. The van der Waals surface area contributed by atoms with Gasteiger partial charge in [-0.25, -0.2) is 39.9 Å². The lowest BCUT2D eigenvalue weighted by molar-refractivity contribution is -0.128. The number of nitrogens with two attached hydrogens (primary N) is 1. The molecule has 4 aliphatic rings. The van der Waals surface area contributed by atoms with Crippen molar-refractivity contribution in [3.8, 4) is 51.0 Å². The van der Waals surface area contributed by atoms with Crippen LogP contribution in [0.1, 0.15) is 63.0 Å². The van der Waals surface area contributed by atoms with Crippen molar-refractivity contribution in [1.82, 2.24) is 78.4 Å². The molecule has 32 nitrogen and oxygen atoms in total. The molecule has 4 aliphatic heterocycles. The van der Waals surface area contributed by atoms with E-state index in [-0.39, 0.29) is 69.8 Å². The van der Waals surface area contributed by atoms with Crippen molar-refractivity contribution in [2.24, 2.45) is 0 Å². The number of fused-ring (bicyclic) bond motifs is 6. The Labute approximate surface area is 734 Å². The second kappa shape index (κ2) is 40.4. The first-order valence-electron chi connectivity index (χ1n) is 42.2. The van der Waals surface area contributed by atoms with Gasteiger partial charge in [-0.1, -0.05) is 105 Å². The molecule has 4 saturated heterocycles. The number of nitrogen functional groups attached to an aromatic ring is 1. The van der Waals surface area contributed by atoms with E-state index in [1.165, 1.54) is 54.0 Å². The highest BCUT2D eigenvalue weighted by atomic mass is 16.5. The fraction of sp³-hybridized carbons (Fsp3) is 0.250. The molecule has 4 unspecified atom stereocenters. The Kier molecular flexibility index (Phi) is 27.5. The molecule has 652 valence electrons. The van der Waals surface area contributed by atoms with Gasteiger partial charge in [-0.05, 0) is 173 Å². The SMILES string of the molecule is C=CC(=O)N1CCCC(Nc2cc3ncc(-c4ccc(Oc5ccccc5)cc4)c(=O)n3cn2)C1.C=CC(=O)N1CCCC(Nc2ncnc3[nH]c4ccc(OCCOC)cc4c(=O)c23)C1.C=CC(=O)N1CCCC(Nc2ncnc3[nH]c4ccc(Oc5ccccc5)cc4c(=O)c23)C1.C=CC(=O)N1CCCC(n2c(=O)c(-c3ccc(C)cc3)cc3c(N)ncnc32)C1. The van der Waals surface area contributed by atoms with E-state index in [2.05, 4.69) is 92.1 Å². The Morgan fingerprint density at radius 3 is 1.48 bits per heavy atom. The van der Waals surface area contributed by atoms with Gasteiger partial charge in [0, 0.05) is 95.4 Å². The Hall–Kier alpha value is -15.6. The van der Waals surface area contributed by atoms with E-state index < -0.39 is 0 Å². The predicted octanol–water partition coefficient (Wildman–Crippen LogP) is 12.8. The molecule has 128 heavy (non-hydrogen) atoms. The monoisotopic (exact) mass is 1720 g/mol. The van der Waals surface area contributed by atoms with Crippen LogP contribution in [0, 0.1) is 6.92 Å². The molecule has 4 fully saturated rings. The number of rotatable bonds is 21. The number of benzene rings is 6. The van der Waals surface area contributed by atoms with Crippen LogP contribution >= 0.6 is 0 Å². The number of H-pyrrole nitrogens is 2. The minimum absolute atomic E-state index is 0.0189. The third-order valence-electron chi connectivity index (χ3n) is 22.6. The number of hydrogen-bond acceptors (Lipinski definition) is 24. The van der Waals surface area contributed by atoms with Gasteiger partial charge in [-0.3, -0.25) is 47.3 Å². The quantitative estimate of drug-likeness (QED) is 0.0221. The number of methoxy groups -OCH3 is 1. The van der Waals surface area contributed by atoms with Gasteiger partial charge in [0.1, 0.15) is 117 Å². The number of para-hydroxylation sites is 2. The van der Waals surface area contributed by atoms with Crippen molar-refractivity contribution in [3.63, 3.8) is 0 Å². The number of nitrogens with one attached hydrogen (secondary N) is 5. The lowest BCUT2D eigenvalue weighted by Gasteiger charge is -2.33. The molecule has 7 N–H and O–H groups in total. The van der Waals surface area contributed by atoms with Crippen molar-refractivity contribution in [1.29, 1.82) is 0 Å². The van der Waals surface area contributed by atoms with Gasteiger partial charge >= 0.3 is 0 Å². The normalized spacial score (nSPS) is 16.1. The molecule has 0 saturated carbocycles. The molecule has 0 spiro atoms. The first kappa shape index (κ1) is 87.3. The second-order valence-electron chi connectivity index (χ2n) is 31.2. The molecule has 8 aromatic heterocycles. The van der Waals surface area contributed by atoms with Crippen LogP contribution in [0.4, 0.5) is 23.3 Å². The number of anilines is 4. The number of hydrogen-bond donors (Lipinski definition) is 6. The summed E-state index contributed by atoms with van der Waals surface area (Å²) in [4.78, 5) is 150. The summed E-state index contributed by atoms with van der Waals surface area (Å²) < 4.78 is 25.5. The van der Waals surface area contributed by atoms with Gasteiger partial charge in [0.25, 0.3) is 11.1 Å². The highest BCUT2D eigenvalue weighted by molar-refractivity contribution is 5.99. The summed E-state index contributed by atoms with van der Waals surface area (Å²) in [5.74, 6) is 4.74. The van der Waals surface area contributed by atoms with Crippen LogP contribution in [0.3, 0.4) is 0 Å². The zero-order chi connectivity index (χ0) is 89.3. The van der Waals surface area contributed by atoms with Gasteiger partial charge < -0.3 is 70.2 Å². The highest BCUT2D eigenvalue weighted by Crippen LogP contribution is 2.33. The zero-order valence-electron chi connectivity index (χ0n) is 70.8. The number of amides is 4. The van der Waals surface area contributed by atoms with E-state index in [1.807, 2.05) is 128 Å². The number of carbonyl (C=O) groups is 4. The number of aromatic nitrogens is 12. The lowest BCUT2D eigenvalue weighted by Crippen LogP contribution is -2.44. The molecule has 12 heterocycles. The summed E-state index contributed by atoms with van der Waals surface area (Å²) in [5.41, 5.74) is 12.3. The predicted molar refractivity (Wildman–Crippen MR) is 494 cm³/mol. The Morgan fingerprint density at radius 2 is 0.945 bits per heavy atom. The molecule has 6 aromatic carbocycles. The maximum atomic E-state index is 13.6. The van der Waals surface area contributed by atoms with Crippen molar-refractivity contribution >= 4 is 107 Å². The Morgan fingerprint density at radius 1 is 0.477 bits per heavy atom. The number of ether oxygens (including phenoxy) is 4. The smallest absolute Gasteiger partial charge is 0.266 e. The van der Waals surface area contributed by atoms with Crippen LogP contribution in [0.5, 0.6) is 28.7 Å². The van der Waals surface area contributed by atoms with Crippen molar-refractivity contribution in [3.05, 3.63) is 287 Å². The van der Waals surface area contributed by atoms with Crippen LogP contribution in [0.2, 0.25) is 0 Å². The standard InChI is InChI=1S/C27H25N5O3.C25H23N5O3.C22H25N5O4.C22H23N5O2/c1-2-26(33)31-14-6-7-20(17-31)30-24-15-25-28-16-23(27(34)32(25)18-29-24)19-10-12-22(13-11-19)35-21-8-4-3-5-9-21;1-2-21(31)30-12-6-7-16(14-30)28-24-22-23(32)19-13-18(33-17-8-4-3-5-9-17)10-11-20(19)29-25(22)27-15-26-24;1-3-18(28)27-8-4-5-14(12-27)25-21-19-20(29)16-11-15(31-10-9-30-2)6-7-17(16)26-22(19)24-13-23-21;1-3-19(28)26-10-4-5-16(12-26)27-21-18(20(23)24-13-25-21)11-17(22(27)29)15-8-6-14(2)7-9-15/h2-5,8-13,15-16,18,20,30H,1,6-7,14,17H2;2-5,8-11,13,15-16H,1,6-7,12,14H2,(H2,26,27,28,29,32);3,6-7,11,13-14H,1,4-5,8-10,12H2,2H3,(H2,23,24,25,26,29);3,6-9,11,13,16H,1,4-5,10,12H2,2H3,(H2,23,24,25). The average Bonchev–Trinajstić information content (AvgIpc) is 0.766. The van der Waals surface area contributed by atoms with Gasteiger partial charge in [-0.2, -0.15) is 0 Å². The maximum Gasteiger partial charge on any atom is 0.266 e. The molecule has 0 bridgehead atoms.